The molecule has 0 saturated carbocycles. The van der Waals surface area contributed by atoms with Crippen LogP contribution in [0, 0.1) is 5.82 Å². The number of amides is 1. The zero-order valence-electron chi connectivity index (χ0n) is 11.0. The summed E-state index contributed by atoms with van der Waals surface area (Å²) < 4.78 is 13.3. The van der Waals surface area contributed by atoms with Crippen molar-refractivity contribution in [2.75, 3.05) is 11.9 Å². The van der Waals surface area contributed by atoms with E-state index < -0.39 is 5.82 Å². The Bertz CT molecular complexity index is 661. The van der Waals surface area contributed by atoms with Gasteiger partial charge in [-0.1, -0.05) is 35.9 Å². The maximum Gasteiger partial charge on any atom is 0.259 e. The molecule has 0 saturated heterocycles. The molecule has 0 aliphatic carbocycles. The molecule has 0 aliphatic heterocycles. The first-order chi connectivity index (χ1) is 10.1. The minimum absolute atomic E-state index is 0.0367. The molecule has 2 rings (SSSR count). The highest BCUT2D eigenvalue weighted by Gasteiger charge is 2.00. The van der Waals surface area contributed by atoms with E-state index in [1.54, 1.807) is 42.5 Å². The standard InChI is InChI=1S/C15H13ClFN3O/c16-12-5-3-6-13(8-12)18-10-15(21)20-19-9-11-4-1-2-7-14(11)17/h1-9,18H,10H2,(H,20,21)/b19-9+. The van der Waals surface area contributed by atoms with Gasteiger partial charge in [-0.05, 0) is 24.3 Å². The van der Waals surface area contributed by atoms with Crippen LogP contribution in [0.1, 0.15) is 5.56 Å². The first kappa shape index (κ1) is 15.0. The second-order valence-electron chi connectivity index (χ2n) is 4.18. The second kappa shape index (κ2) is 7.40. The minimum atomic E-state index is -0.396. The Morgan fingerprint density at radius 2 is 2.05 bits per heavy atom. The highest BCUT2D eigenvalue weighted by Crippen LogP contribution is 2.14. The van der Waals surface area contributed by atoms with Gasteiger partial charge in [0.1, 0.15) is 5.82 Å². The number of hydrazone groups is 1. The Morgan fingerprint density at radius 1 is 1.24 bits per heavy atom. The van der Waals surface area contributed by atoms with Crippen molar-refractivity contribution in [1.82, 2.24) is 5.43 Å². The molecule has 21 heavy (non-hydrogen) atoms. The van der Waals surface area contributed by atoms with Crippen LogP contribution in [0.4, 0.5) is 10.1 Å². The van der Waals surface area contributed by atoms with Gasteiger partial charge >= 0.3 is 0 Å². The van der Waals surface area contributed by atoms with Gasteiger partial charge in [0.15, 0.2) is 0 Å². The first-order valence-electron chi connectivity index (χ1n) is 6.21. The van der Waals surface area contributed by atoms with Crippen LogP contribution in [0.15, 0.2) is 53.6 Å². The number of nitrogens with zero attached hydrogens (tertiary/aromatic N) is 1. The number of halogens is 2. The van der Waals surface area contributed by atoms with Gasteiger partial charge in [0.2, 0.25) is 0 Å². The third-order valence-corrected chi connectivity index (χ3v) is 2.81. The summed E-state index contributed by atoms with van der Waals surface area (Å²) in [5.74, 6) is -0.741. The summed E-state index contributed by atoms with van der Waals surface area (Å²) in [6, 6.07) is 13.2. The van der Waals surface area contributed by atoms with Gasteiger partial charge < -0.3 is 5.32 Å². The van der Waals surface area contributed by atoms with E-state index in [9.17, 15) is 9.18 Å². The highest BCUT2D eigenvalue weighted by atomic mass is 35.5. The molecule has 0 heterocycles. The van der Waals surface area contributed by atoms with Crippen LogP contribution in [-0.4, -0.2) is 18.7 Å². The quantitative estimate of drug-likeness (QED) is 0.659. The summed E-state index contributed by atoms with van der Waals surface area (Å²) in [4.78, 5) is 11.6. The van der Waals surface area contributed by atoms with E-state index in [4.69, 9.17) is 11.6 Å². The molecule has 108 valence electrons. The number of benzene rings is 2. The number of hydrogen-bond donors (Lipinski definition) is 2. The van der Waals surface area contributed by atoms with Crippen molar-refractivity contribution in [2.24, 2.45) is 5.10 Å². The van der Waals surface area contributed by atoms with Crippen molar-refractivity contribution < 1.29 is 9.18 Å². The molecular formula is C15H13ClFN3O. The van der Waals surface area contributed by atoms with Crippen molar-refractivity contribution >= 4 is 29.4 Å². The number of carbonyl (C=O) groups is 1. The highest BCUT2D eigenvalue weighted by molar-refractivity contribution is 6.30. The summed E-state index contributed by atoms with van der Waals surface area (Å²) >= 11 is 5.83. The number of anilines is 1. The Labute approximate surface area is 126 Å². The van der Waals surface area contributed by atoms with Gasteiger partial charge in [0.05, 0.1) is 12.8 Å². The third-order valence-electron chi connectivity index (χ3n) is 2.58. The molecule has 4 nitrogen and oxygen atoms in total. The first-order valence-corrected chi connectivity index (χ1v) is 6.59. The number of rotatable bonds is 5. The average Bonchev–Trinajstić information content (AvgIpc) is 2.47. The van der Waals surface area contributed by atoms with E-state index >= 15 is 0 Å². The molecule has 0 aliphatic rings. The van der Waals surface area contributed by atoms with E-state index in [0.29, 0.717) is 10.6 Å². The van der Waals surface area contributed by atoms with Gasteiger partial charge in [-0.25, -0.2) is 9.82 Å². The SMILES string of the molecule is O=C(CNc1cccc(Cl)c1)N/N=C/c1ccccc1F. The normalized spacial score (nSPS) is 10.6. The van der Waals surface area contributed by atoms with E-state index in [-0.39, 0.29) is 12.5 Å². The maximum atomic E-state index is 13.3. The van der Waals surface area contributed by atoms with Crippen molar-refractivity contribution in [3.63, 3.8) is 0 Å². The summed E-state index contributed by atoms with van der Waals surface area (Å²) in [5.41, 5.74) is 3.35. The molecule has 2 aromatic carbocycles. The summed E-state index contributed by atoms with van der Waals surface area (Å²) in [6.45, 7) is 0.0367. The minimum Gasteiger partial charge on any atom is -0.376 e. The lowest BCUT2D eigenvalue weighted by Gasteiger charge is -2.05. The molecular weight excluding hydrogens is 293 g/mol. The van der Waals surface area contributed by atoms with Crippen LogP contribution in [0.25, 0.3) is 0 Å². The molecule has 6 heteroatoms. The monoisotopic (exact) mass is 305 g/mol. The van der Waals surface area contributed by atoms with Crippen LogP contribution < -0.4 is 10.7 Å². The van der Waals surface area contributed by atoms with Crippen molar-refractivity contribution in [3.05, 3.63) is 64.9 Å². The smallest absolute Gasteiger partial charge is 0.259 e. The van der Waals surface area contributed by atoms with Gasteiger partial charge in [0, 0.05) is 16.3 Å². The van der Waals surface area contributed by atoms with Gasteiger partial charge in [0.25, 0.3) is 5.91 Å². The lowest BCUT2D eigenvalue weighted by molar-refractivity contribution is -0.119. The summed E-state index contributed by atoms with van der Waals surface area (Å²) in [6.07, 6.45) is 1.26. The van der Waals surface area contributed by atoms with Gasteiger partial charge in [-0.3, -0.25) is 4.79 Å². The largest absolute Gasteiger partial charge is 0.376 e. The Balaban J connectivity index is 1.81. The molecule has 0 bridgehead atoms. The Kier molecular flexibility index (Phi) is 5.29. The second-order valence-corrected chi connectivity index (χ2v) is 4.62. The third kappa shape index (κ3) is 4.89. The summed E-state index contributed by atoms with van der Waals surface area (Å²) in [5, 5.41) is 7.18. The van der Waals surface area contributed by atoms with E-state index in [1.165, 1.54) is 12.3 Å². The molecule has 0 fully saturated rings. The van der Waals surface area contributed by atoms with Gasteiger partial charge in [-0.2, -0.15) is 5.10 Å². The van der Waals surface area contributed by atoms with E-state index in [1.807, 2.05) is 0 Å². The average molecular weight is 306 g/mol. The lowest BCUT2D eigenvalue weighted by Crippen LogP contribution is -2.25. The number of hydrogen-bond acceptors (Lipinski definition) is 3. The van der Waals surface area contributed by atoms with Crippen LogP contribution in [0.3, 0.4) is 0 Å². The van der Waals surface area contributed by atoms with Crippen LogP contribution >= 0.6 is 11.6 Å². The van der Waals surface area contributed by atoms with E-state index in [0.717, 1.165) is 5.69 Å². The molecule has 0 aromatic heterocycles. The molecule has 0 spiro atoms. The fourth-order valence-corrected chi connectivity index (χ4v) is 1.76. The fraction of sp³-hybridized carbons (Fsp3) is 0.0667. The van der Waals surface area contributed by atoms with Crippen LogP contribution in [0.2, 0.25) is 5.02 Å². The fourth-order valence-electron chi connectivity index (χ4n) is 1.57. The van der Waals surface area contributed by atoms with Crippen LogP contribution in [0.5, 0.6) is 0 Å². The number of carbonyl (C=O) groups excluding carboxylic acids is 1. The zero-order valence-corrected chi connectivity index (χ0v) is 11.8. The Morgan fingerprint density at radius 3 is 2.81 bits per heavy atom. The molecule has 0 atom stereocenters. The molecule has 1 amide bonds. The molecule has 0 unspecified atom stereocenters. The molecule has 2 aromatic rings. The number of nitrogens with one attached hydrogen (secondary N) is 2. The van der Waals surface area contributed by atoms with Crippen molar-refractivity contribution in [2.45, 2.75) is 0 Å². The predicted molar refractivity (Wildman–Crippen MR) is 82.1 cm³/mol. The van der Waals surface area contributed by atoms with Gasteiger partial charge in [-0.15, -0.1) is 0 Å². The lowest BCUT2D eigenvalue weighted by atomic mass is 10.2. The molecule has 2 N–H and O–H groups in total. The van der Waals surface area contributed by atoms with Crippen molar-refractivity contribution in [1.29, 1.82) is 0 Å². The zero-order chi connectivity index (χ0) is 15.1. The van der Waals surface area contributed by atoms with Crippen LogP contribution in [-0.2, 0) is 4.79 Å². The summed E-state index contributed by atoms with van der Waals surface area (Å²) in [7, 11) is 0. The Hall–Kier alpha value is -2.40. The maximum absolute atomic E-state index is 13.3. The van der Waals surface area contributed by atoms with Crippen molar-refractivity contribution in [3.8, 4) is 0 Å². The molecule has 0 radical (unpaired) electrons. The topological polar surface area (TPSA) is 53.5 Å². The predicted octanol–water partition coefficient (Wildman–Crippen LogP) is 3.04. The van der Waals surface area contributed by atoms with E-state index in [2.05, 4.69) is 15.8 Å².